The van der Waals surface area contributed by atoms with Crippen LogP contribution in [0.5, 0.6) is 11.5 Å². The minimum Gasteiger partial charge on any atom is -0.497 e. The third-order valence-corrected chi connectivity index (χ3v) is 2.75. The van der Waals surface area contributed by atoms with Gasteiger partial charge in [-0.15, -0.1) is 0 Å². The van der Waals surface area contributed by atoms with Crippen molar-refractivity contribution in [2.75, 3.05) is 19.5 Å². The number of benzene rings is 1. The SMILES string of the molecule is COc1cccc(OCCS(=O)(=O)Cl)c1. The van der Waals surface area contributed by atoms with Crippen LogP contribution in [0.3, 0.4) is 0 Å². The summed E-state index contributed by atoms with van der Waals surface area (Å²) in [6, 6.07) is 6.90. The molecular formula is C9H11ClO4S. The molecule has 0 aliphatic carbocycles. The molecule has 0 saturated heterocycles. The lowest BCUT2D eigenvalue weighted by molar-refractivity contribution is 0.337. The van der Waals surface area contributed by atoms with E-state index >= 15 is 0 Å². The van der Waals surface area contributed by atoms with Crippen molar-refractivity contribution in [2.24, 2.45) is 0 Å². The van der Waals surface area contributed by atoms with Crippen molar-refractivity contribution in [3.63, 3.8) is 0 Å². The maximum absolute atomic E-state index is 10.6. The van der Waals surface area contributed by atoms with Crippen LogP contribution in [0.1, 0.15) is 0 Å². The van der Waals surface area contributed by atoms with Gasteiger partial charge < -0.3 is 9.47 Å². The van der Waals surface area contributed by atoms with Gasteiger partial charge in [0.05, 0.1) is 12.9 Å². The number of rotatable bonds is 5. The predicted molar refractivity (Wildman–Crippen MR) is 58.1 cm³/mol. The topological polar surface area (TPSA) is 52.6 Å². The fourth-order valence-electron chi connectivity index (χ4n) is 0.950. The van der Waals surface area contributed by atoms with E-state index in [2.05, 4.69) is 0 Å². The van der Waals surface area contributed by atoms with E-state index in [4.69, 9.17) is 20.2 Å². The van der Waals surface area contributed by atoms with E-state index in [9.17, 15) is 8.42 Å². The number of methoxy groups -OCH3 is 1. The molecule has 4 nitrogen and oxygen atoms in total. The van der Waals surface area contributed by atoms with Gasteiger partial charge in [0, 0.05) is 16.7 Å². The Morgan fingerprint density at radius 3 is 2.60 bits per heavy atom. The molecule has 6 heteroatoms. The molecule has 0 fully saturated rings. The monoisotopic (exact) mass is 250 g/mol. The van der Waals surface area contributed by atoms with E-state index in [1.165, 1.54) is 0 Å². The molecule has 0 spiro atoms. The summed E-state index contributed by atoms with van der Waals surface area (Å²) in [6.45, 7) is 0.0268. The summed E-state index contributed by atoms with van der Waals surface area (Å²) in [5.74, 6) is 0.988. The number of hydrogen-bond donors (Lipinski definition) is 0. The Kier molecular flexibility index (Phi) is 4.23. The zero-order valence-corrected chi connectivity index (χ0v) is 9.72. The summed E-state index contributed by atoms with van der Waals surface area (Å²) in [4.78, 5) is 0. The molecule has 0 aliphatic heterocycles. The van der Waals surface area contributed by atoms with Crippen LogP contribution in [0.4, 0.5) is 0 Å². The molecule has 0 aliphatic rings. The lowest BCUT2D eigenvalue weighted by atomic mass is 10.3. The fraction of sp³-hybridized carbons (Fsp3) is 0.333. The van der Waals surface area contributed by atoms with Crippen LogP contribution >= 0.6 is 10.7 Å². The summed E-state index contributed by atoms with van der Waals surface area (Å²) in [6.07, 6.45) is 0. The molecule has 15 heavy (non-hydrogen) atoms. The van der Waals surface area contributed by atoms with Gasteiger partial charge in [-0.3, -0.25) is 0 Å². The first-order chi connectivity index (χ1) is 7.01. The first kappa shape index (κ1) is 12.1. The molecular weight excluding hydrogens is 240 g/mol. The van der Waals surface area contributed by atoms with Gasteiger partial charge >= 0.3 is 0 Å². The first-order valence-electron chi connectivity index (χ1n) is 4.20. The molecule has 0 bridgehead atoms. The van der Waals surface area contributed by atoms with Crippen LogP contribution in [0.25, 0.3) is 0 Å². The van der Waals surface area contributed by atoms with Crippen molar-refractivity contribution in [1.29, 1.82) is 0 Å². The Hall–Kier alpha value is -0.940. The van der Waals surface area contributed by atoms with Crippen molar-refractivity contribution < 1.29 is 17.9 Å². The Morgan fingerprint density at radius 1 is 1.33 bits per heavy atom. The molecule has 0 saturated carbocycles. The summed E-state index contributed by atoms with van der Waals surface area (Å²) in [5.41, 5.74) is 0. The van der Waals surface area contributed by atoms with Gasteiger partial charge in [-0.05, 0) is 12.1 Å². The van der Waals surface area contributed by atoms with E-state index in [0.717, 1.165) is 0 Å². The van der Waals surface area contributed by atoms with Gasteiger partial charge in [0.2, 0.25) is 9.05 Å². The highest BCUT2D eigenvalue weighted by atomic mass is 35.7. The second kappa shape index (κ2) is 5.23. The third-order valence-electron chi connectivity index (χ3n) is 1.64. The quantitative estimate of drug-likeness (QED) is 0.746. The van der Waals surface area contributed by atoms with Gasteiger partial charge in [-0.25, -0.2) is 8.42 Å². The average Bonchev–Trinajstić information content (AvgIpc) is 2.16. The molecule has 1 rings (SSSR count). The molecule has 0 amide bonds. The van der Waals surface area contributed by atoms with Crippen LogP contribution in [0.2, 0.25) is 0 Å². The third kappa shape index (κ3) is 4.90. The average molecular weight is 251 g/mol. The molecule has 0 aromatic heterocycles. The lowest BCUT2D eigenvalue weighted by Gasteiger charge is -2.06. The normalized spacial score (nSPS) is 11.1. The van der Waals surface area contributed by atoms with Crippen LogP contribution in [-0.2, 0) is 9.05 Å². The lowest BCUT2D eigenvalue weighted by Crippen LogP contribution is -2.08. The second-order valence-corrected chi connectivity index (χ2v) is 5.67. The van der Waals surface area contributed by atoms with Gasteiger partial charge in [0.25, 0.3) is 0 Å². The Bertz CT molecular complexity index is 416. The maximum atomic E-state index is 10.6. The van der Waals surface area contributed by atoms with Gasteiger partial charge in [0.15, 0.2) is 0 Å². The first-order valence-corrected chi connectivity index (χ1v) is 6.68. The summed E-state index contributed by atoms with van der Waals surface area (Å²) in [5, 5.41) is 0. The Balaban J connectivity index is 2.51. The summed E-state index contributed by atoms with van der Waals surface area (Å²) in [7, 11) is 3.08. The second-order valence-electron chi connectivity index (χ2n) is 2.77. The number of hydrogen-bond acceptors (Lipinski definition) is 4. The van der Waals surface area contributed by atoms with Crippen molar-refractivity contribution >= 4 is 19.7 Å². The van der Waals surface area contributed by atoms with E-state index in [1.807, 2.05) is 0 Å². The zero-order chi connectivity index (χ0) is 11.3. The predicted octanol–water partition coefficient (Wildman–Crippen LogP) is 1.64. The highest BCUT2D eigenvalue weighted by molar-refractivity contribution is 8.13. The highest BCUT2D eigenvalue weighted by Gasteiger charge is 2.05. The van der Waals surface area contributed by atoms with E-state index in [-0.39, 0.29) is 12.4 Å². The maximum Gasteiger partial charge on any atom is 0.235 e. The molecule has 0 unspecified atom stereocenters. The molecule has 84 valence electrons. The zero-order valence-electron chi connectivity index (χ0n) is 8.14. The minimum absolute atomic E-state index is 0.0268. The largest absolute Gasteiger partial charge is 0.497 e. The van der Waals surface area contributed by atoms with E-state index in [1.54, 1.807) is 31.4 Å². The molecule has 0 radical (unpaired) electrons. The van der Waals surface area contributed by atoms with Crippen molar-refractivity contribution in [3.05, 3.63) is 24.3 Å². The van der Waals surface area contributed by atoms with Crippen LogP contribution in [0.15, 0.2) is 24.3 Å². The van der Waals surface area contributed by atoms with Gasteiger partial charge in [-0.2, -0.15) is 0 Å². The Morgan fingerprint density at radius 2 is 2.00 bits per heavy atom. The number of ether oxygens (including phenoxy) is 2. The van der Waals surface area contributed by atoms with E-state index < -0.39 is 9.05 Å². The van der Waals surface area contributed by atoms with Gasteiger partial charge in [-0.1, -0.05) is 6.07 Å². The molecule has 1 aromatic rings. The summed E-state index contributed by atoms with van der Waals surface area (Å²) < 4.78 is 31.4. The van der Waals surface area contributed by atoms with Crippen LogP contribution < -0.4 is 9.47 Å². The molecule has 0 heterocycles. The number of halogens is 1. The minimum atomic E-state index is -3.49. The van der Waals surface area contributed by atoms with Crippen molar-refractivity contribution in [1.82, 2.24) is 0 Å². The molecule has 1 aromatic carbocycles. The van der Waals surface area contributed by atoms with E-state index in [0.29, 0.717) is 11.5 Å². The van der Waals surface area contributed by atoms with Crippen LogP contribution in [0, 0.1) is 0 Å². The van der Waals surface area contributed by atoms with Crippen LogP contribution in [-0.4, -0.2) is 27.9 Å². The highest BCUT2D eigenvalue weighted by Crippen LogP contribution is 2.18. The van der Waals surface area contributed by atoms with Crippen molar-refractivity contribution in [3.8, 4) is 11.5 Å². The molecule has 0 atom stereocenters. The summed E-state index contributed by atoms with van der Waals surface area (Å²) >= 11 is 0. The molecule has 0 N–H and O–H groups in total. The Labute approximate surface area is 93.2 Å². The van der Waals surface area contributed by atoms with Gasteiger partial charge in [0.1, 0.15) is 18.1 Å². The van der Waals surface area contributed by atoms with Crippen molar-refractivity contribution in [2.45, 2.75) is 0 Å². The fourth-order valence-corrected chi connectivity index (χ4v) is 1.42. The smallest absolute Gasteiger partial charge is 0.235 e. The standard InChI is InChI=1S/C9H11ClO4S/c1-13-8-3-2-4-9(7-8)14-5-6-15(10,11)12/h2-4,7H,5-6H2,1H3.